The first-order chi connectivity index (χ1) is 10.7. The van der Waals surface area contributed by atoms with Crippen molar-refractivity contribution in [3.8, 4) is 0 Å². The monoisotopic (exact) mass is 296 g/mol. The summed E-state index contributed by atoms with van der Waals surface area (Å²) in [6.07, 6.45) is 7.66. The minimum atomic E-state index is -1.01. The van der Waals surface area contributed by atoms with Gasteiger partial charge in [0.1, 0.15) is 0 Å². The molecule has 0 amide bonds. The molecule has 2 aliphatic heterocycles. The average molecular weight is 296 g/mol. The number of benzene rings is 1. The Labute approximate surface area is 131 Å². The number of hydrogen-bond acceptors (Lipinski definition) is 3. The van der Waals surface area contributed by atoms with E-state index in [0.717, 1.165) is 11.8 Å². The molecular weight excluding hydrogens is 274 g/mol. The lowest BCUT2D eigenvalue weighted by Gasteiger charge is -2.46. The molecule has 0 spiro atoms. The zero-order chi connectivity index (χ0) is 14.8. The number of carbonyl (C=O) groups excluding carboxylic acids is 1. The molecule has 0 N–H and O–H groups in total. The number of carboxylic acid groups (broad SMARTS) is 1. The Bertz CT molecular complexity index is 608. The van der Waals surface area contributed by atoms with Crippen LogP contribution in [0.15, 0.2) is 12.1 Å². The lowest BCUT2D eigenvalue weighted by molar-refractivity contribution is -0.255. The third kappa shape index (κ3) is 1.65. The predicted octanol–water partition coefficient (Wildman–Crippen LogP) is 2.65. The van der Waals surface area contributed by atoms with Crippen LogP contribution in [0.5, 0.6) is 0 Å². The first-order valence-corrected chi connectivity index (χ1v) is 8.86. The van der Waals surface area contributed by atoms with E-state index in [4.69, 9.17) is 0 Å². The fraction of sp³-hybridized carbons (Fsp3) is 0.632. The van der Waals surface area contributed by atoms with Crippen molar-refractivity contribution in [1.82, 2.24) is 0 Å². The topological polar surface area (TPSA) is 43.4 Å². The minimum absolute atomic E-state index is 0.411. The summed E-state index contributed by atoms with van der Waals surface area (Å²) in [4.78, 5) is 14.1. The van der Waals surface area contributed by atoms with Crippen LogP contribution < -0.4 is 10.0 Å². The molecule has 2 aliphatic carbocycles. The molecule has 0 bridgehead atoms. The number of aromatic carboxylic acids is 1. The second kappa shape index (κ2) is 4.50. The molecule has 22 heavy (non-hydrogen) atoms. The second-order valence-electron chi connectivity index (χ2n) is 7.79. The Hall–Kier alpha value is -1.51. The molecule has 2 heterocycles. The molecule has 3 heteroatoms. The number of carbonyl (C=O) groups is 1. The van der Waals surface area contributed by atoms with Crippen molar-refractivity contribution in [3.05, 3.63) is 28.8 Å². The van der Waals surface area contributed by atoms with Crippen LogP contribution in [0.1, 0.15) is 71.8 Å². The van der Waals surface area contributed by atoms with Gasteiger partial charge < -0.3 is 14.8 Å². The van der Waals surface area contributed by atoms with Crippen molar-refractivity contribution < 1.29 is 9.90 Å². The van der Waals surface area contributed by atoms with Gasteiger partial charge in [0, 0.05) is 18.8 Å². The largest absolute Gasteiger partial charge is 0.545 e. The van der Waals surface area contributed by atoms with Gasteiger partial charge in [0.15, 0.2) is 0 Å². The zero-order valence-corrected chi connectivity index (χ0v) is 12.9. The molecule has 4 atom stereocenters. The van der Waals surface area contributed by atoms with E-state index in [9.17, 15) is 9.90 Å². The van der Waals surface area contributed by atoms with Crippen LogP contribution in [0.4, 0.5) is 5.69 Å². The van der Waals surface area contributed by atoms with Crippen LogP contribution in [0, 0.1) is 11.8 Å². The van der Waals surface area contributed by atoms with Gasteiger partial charge in [-0.25, -0.2) is 0 Å². The van der Waals surface area contributed by atoms with Crippen molar-refractivity contribution in [2.75, 3.05) is 18.0 Å². The van der Waals surface area contributed by atoms with E-state index in [-0.39, 0.29) is 0 Å². The Morgan fingerprint density at radius 1 is 0.955 bits per heavy atom. The number of carboxylic acids is 1. The van der Waals surface area contributed by atoms with E-state index in [2.05, 4.69) is 4.90 Å². The van der Waals surface area contributed by atoms with Crippen molar-refractivity contribution in [2.24, 2.45) is 11.8 Å². The van der Waals surface area contributed by atoms with Crippen molar-refractivity contribution in [3.63, 3.8) is 0 Å². The van der Waals surface area contributed by atoms with Crippen molar-refractivity contribution in [2.45, 2.75) is 50.4 Å². The summed E-state index contributed by atoms with van der Waals surface area (Å²) in [6.45, 7) is 2.39. The Morgan fingerprint density at radius 3 is 2.00 bits per heavy atom. The van der Waals surface area contributed by atoms with Gasteiger partial charge in [0.05, 0.1) is 5.97 Å². The number of anilines is 1. The molecule has 2 fully saturated rings. The summed E-state index contributed by atoms with van der Waals surface area (Å²) in [6, 6.07) is 3.89. The molecular formula is C19H22NO2-. The van der Waals surface area contributed by atoms with Gasteiger partial charge in [-0.3, -0.25) is 0 Å². The predicted molar refractivity (Wildman–Crippen MR) is 83.1 cm³/mol. The Kier molecular flexibility index (Phi) is 2.65. The van der Waals surface area contributed by atoms with Crippen LogP contribution >= 0.6 is 0 Å². The van der Waals surface area contributed by atoms with Crippen LogP contribution in [-0.4, -0.2) is 19.1 Å². The van der Waals surface area contributed by atoms with Gasteiger partial charge in [-0.1, -0.05) is 12.8 Å². The third-order valence-electron chi connectivity index (χ3n) is 6.75. The summed E-state index contributed by atoms with van der Waals surface area (Å²) in [5.74, 6) is 1.63. The molecule has 4 aliphatic rings. The highest BCUT2D eigenvalue weighted by molar-refractivity contribution is 5.88. The van der Waals surface area contributed by atoms with Gasteiger partial charge >= 0.3 is 0 Å². The van der Waals surface area contributed by atoms with Gasteiger partial charge in [-0.15, -0.1) is 0 Å². The SMILES string of the molecule is O=C([O-])c1cc2c3c(c1)[C@@H]1CCC[C@@H]1CN3C[C@@H]1CCC[C@H]21. The van der Waals surface area contributed by atoms with Crippen LogP contribution in [0.2, 0.25) is 0 Å². The molecule has 3 nitrogen and oxygen atoms in total. The Balaban J connectivity index is 1.74. The van der Waals surface area contributed by atoms with Crippen molar-refractivity contribution in [1.29, 1.82) is 0 Å². The maximum atomic E-state index is 11.5. The fourth-order valence-corrected chi connectivity index (χ4v) is 5.88. The zero-order valence-electron chi connectivity index (χ0n) is 12.9. The first kappa shape index (κ1) is 13.0. The summed E-state index contributed by atoms with van der Waals surface area (Å²) >= 11 is 0. The molecule has 0 saturated heterocycles. The Morgan fingerprint density at radius 2 is 1.50 bits per heavy atom. The normalized spacial score (nSPS) is 35.0. The first-order valence-electron chi connectivity index (χ1n) is 8.86. The third-order valence-corrected chi connectivity index (χ3v) is 6.75. The number of fused-ring (bicyclic) bond motifs is 4. The van der Waals surface area contributed by atoms with E-state index in [1.165, 1.54) is 68.4 Å². The lowest BCUT2D eigenvalue weighted by atomic mass is 9.74. The molecule has 2 saturated carbocycles. The van der Waals surface area contributed by atoms with Crippen molar-refractivity contribution >= 4 is 11.7 Å². The summed E-state index contributed by atoms with van der Waals surface area (Å²) in [5, 5.41) is 11.5. The molecule has 5 rings (SSSR count). The lowest BCUT2D eigenvalue weighted by Crippen LogP contribution is -2.43. The number of hydrogen-bond donors (Lipinski definition) is 0. The molecule has 1 aromatic carbocycles. The summed E-state index contributed by atoms with van der Waals surface area (Å²) in [7, 11) is 0. The highest BCUT2D eigenvalue weighted by Crippen LogP contribution is 2.55. The van der Waals surface area contributed by atoms with E-state index < -0.39 is 5.97 Å². The number of nitrogens with zero attached hydrogens (tertiary/aromatic N) is 1. The molecule has 1 aromatic rings. The summed E-state index contributed by atoms with van der Waals surface area (Å²) in [5.41, 5.74) is 4.48. The maximum Gasteiger partial charge on any atom is 0.0715 e. The minimum Gasteiger partial charge on any atom is -0.545 e. The molecule has 0 aromatic heterocycles. The quantitative estimate of drug-likeness (QED) is 0.800. The van der Waals surface area contributed by atoms with E-state index in [1.807, 2.05) is 12.1 Å². The van der Waals surface area contributed by atoms with Gasteiger partial charge in [0.25, 0.3) is 0 Å². The highest BCUT2D eigenvalue weighted by Gasteiger charge is 2.44. The van der Waals surface area contributed by atoms with Crippen LogP contribution in [0.3, 0.4) is 0 Å². The maximum absolute atomic E-state index is 11.5. The van der Waals surface area contributed by atoms with E-state index in [0.29, 0.717) is 17.4 Å². The molecule has 0 unspecified atom stereocenters. The smallest absolute Gasteiger partial charge is 0.0715 e. The standard InChI is InChI=1S/C19H23NO2/c21-19(22)13-7-16-14-5-1-3-11(14)9-20-10-12-4-2-6-15(12)17(8-13)18(16)20/h7-8,11-12,14-15H,1-6,9-10H2,(H,21,22)/p-1/t11-,12+,14-,15+. The summed E-state index contributed by atoms with van der Waals surface area (Å²) < 4.78 is 0. The van der Waals surface area contributed by atoms with Gasteiger partial charge in [-0.2, -0.15) is 0 Å². The van der Waals surface area contributed by atoms with E-state index in [1.54, 1.807) is 0 Å². The van der Waals surface area contributed by atoms with Crippen LogP contribution in [-0.2, 0) is 0 Å². The van der Waals surface area contributed by atoms with Gasteiger partial charge in [0.2, 0.25) is 0 Å². The average Bonchev–Trinajstić information content (AvgIpc) is 3.15. The highest BCUT2D eigenvalue weighted by atomic mass is 16.4. The number of rotatable bonds is 1. The molecule has 0 radical (unpaired) electrons. The second-order valence-corrected chi connectivity index (χ2v) is 7.79. The van der Waals surface area contributed by atoms with Gasteiger partial charge in [-0.05, 0) is 78.2 Å². The van der Waals surface area contributed by atoms with Crippen LogP contribution in [0.25, 0.3) is 0 Å². The fourth-order valence-electron chi connectivity index (χ4n) is 5.88. The van der Waals surface area contributed by atoms with E-state index >= 15 is 0 Å². The molecule has 116 valence electrons.